The van der Waals surface area contributed by atoms with E-state index in [1.807, 2.05) is 24.3 Å². The van der Waals surface area contributed by atoms with Crippen LogP contribution in [-0.4, -0.2) is 43.7 Å². The van der Waals surface area contributed by atoms with Crippen LogP contribution >= 0.6 is 0 Å². The highest BCUT2D eigenvalue weighted by molar-refractivity contribution is 6.02. The van der Waals surface area contributed by atoms with Gasteiger partial charge in [0.2, 0.25) is 0 Å². The number of hydrogen-bond acceptors (Lipinski definition) is 4. The van der Waals surface area contributed by atoms with Crippen molar-refractivity contribution in [2.45, 2.75) is 25.2 Å². The van der Waals surface area contributed by atoms with Crippen LogP contribution in [0.3, 0.4) is 0 Å². The van der Waals surface area contributed by atoms with Crippen LogP contribution in [0.2, 0.25) is 0 Å². The summed E-state index contributed by atoms with van der Waals surface area (Å²) in [5, 5.41) is 14.4. The molecule has 2 amide bonds. The first-order valence-corrected chi connectivity index (χ1v) is 9.55. The standard InChI is InChI=1S/C22H26N2O4/c1-3-22(16-8-5-4-6-9-16)14-28-19-17(21(27)23-2)12-15(13-18(19)22)20(26)24-10-7-11-25/h4-6,8-9,12-13,25H,3,7,10-11,14H2,1-2H3,(H,23,27)(H,24,26)/t22-/m1/s1. The zero-order valence-corrected chi connectivity index (χ0v) is 16.2. The summed E-state index contributed by atoms with van der Waals surface area (Å²) < 4.78 is 6.02. The van der Waals surface area contributed by atoms with Gasteiger partial charge < -0.3 is 20.5 Å². The molecule has 148 valence electrons. The van der Waals surface area contributed by atoms with Crippen LogP contribution in [0.15, 0.2) is 42.5 Å². The van der Waals surface area contributed by atoms with Crippen molar-refractivity contribution in [2.24, 2.45) is 0 Å². The Morgan fingerprint density at radius 1 is 1.18 bits per heavy atom. The quantitative estimate of drug-likeness (QED) is 0.641. The number of aliphatic hydroxyl groups excluding tert-OH is 1. The monoisotopic (exact) mass is 382 g/mol. The minimum atomic E-state index is -0.416. The summed E-state index contributed by atoms with van der Waals surface area (Å²) in [5.74, 6) is -0.0236. The Bertz CT molecular complexity index is 866. The van der Waals surface area contributed by atoms with Crippen molar-refractivity contribution in [3.63, 3.8) is 0 Å². The third-order valence-electron chi connectivity index (χ3n) is 5.35. The second-order valence-electron chi connectivity index (χ2n) is 6.90. The number of amides is 2. The molecule has 2 aromatic carbocycles. The Labute approximate surface area is 164 Å². The number of ether oxygens (including phenoxy) is 1. The molecule has 3 N–H and O–H groups in total. The fraction of sp³-hybridized carbons (Fsp3) is 0.364. The lowest BCUT2D eigenvalue weighted by atomic mass is 9.73. The second-order valence-corrected chi connectivity index (χ2v) is 6.90. The first kappa shape index (κ1) is 19.9. The molecule has 1 aliphatic rings. The molecular weight excluding hydrogens is 356 g/mol. The molecule has 0 unspecified atom stereocenters. The zero-order valence-electron chi connectivity index (χ0n) is 16.2. The van der Waals surface area contributed by atoms with Crippen molar-refractivity contribution < 1.29 is 19.4 Å². The van der Waals surface area contributed by atoms with E-state index in [1.54, 1.807) is 13.1 Å². The normalized spacial score (nSPS) is 17.5. The topological polar surface area (TPSA) is 87.7 Å². The molecule has 0 fully saturated rings. The van der Waals surface area contributed by atoms with E-state index in [9.17, 15) is 9.59 Å². The molecule has 0 saturated heterocycles. The molecule has 0 radical (unpaired) electrons. The van der Waals surface area contributed by atoms with Crippen LogP contribution in [0, 0.1) is 0 Å². The summed E-state index contributed by atoms with van der Waals surface area (Å²) >= 11 is 0. The van der Waals surface area contributed by atoms with Crippen LogP contribution < -0.4 is 15.4 Å². The van der Waals surface area contributed by atoms with E-state index in [1.165, 1.54) is 0 Å². The lowest BCUT2D eigenvalue weighted by Gasteiger charge is -2.27. The molecule has 0 spiro atoms. The maximum atomic E-state index is 12.7. The van der Waals surface area contributed by atoms with Crippen molar-refractivity contribution >= 4 is 11.8 Å². The molecule has 0 bridgehead atoms. The summed E-state index contributed by atoms with van der Waals surface area (Å²) in [6.45, 7) is 2.88. The Hall–Kier alpha value is -2.86. The summed E-state index contributed by atoms with van der Waals surface area (Å²) in [6.07, 6.45) is 1.25. The van der Waals surface area contributed by atoms with Gasteiger partial charge in [0.25, 0.3) is 11.8 Å². The molecule has 0 aliphatic carbocycles. The van der Waals surface area contributed by atoms with E-state index in [0.717, 1.165) is 17.5 Å². The van der Waals surface area contributed by atoms with E-state index in [4.69, 9.17) is 9.84 Å². The summed E-state index contributed by atoms with van der Waals surface area (Å²) in [4.78, 5) is 25.1. The van der Waals surface area contributed by atoms with E-state index in [-0.39, 0.29) is 18.4 Å². The van der Waals surface area contributed by atoms with Crippen LogP contribution in [-0.2, 0) is 5.41 Å². The Balaban J connectivity index is 2.12. The number of carbonyl (C=O) groups excluding carboxylic acids is 2. The van der Waals surface area contributed by atoms with Gasteiger partial charge in [0, 0.05) is 31.3 Å². The fourth-order valence-electron chi connectivity index (χ4n) is 3.72. The van der Waals surface area contributed by atoms with Gasteiger partial charge in [0.05, 0.1) is 11.0 Å². The molecule has 1 atom stereocenters. The molecule has 1 aliphatic heterocycles. The predicted octanol–water partition coefficient (Wildman–Crippen LogP) is 2.25. The first-order valence-electron chi connectivity index (χ1n) is 9.55. The number of nitrogens with one attached hydrogen (secondary N) is 2. The molecule has 6 heteroatoms. The lowest BCUT2D eigenvalue weighted by molar-refractivity contribution is 0.0951. The van der Waals surface area contributed by atoms with Gasteiger partial charge in [-0.05, 0) is 30.5 Å². The van der Waals surface area contributed by atoms with Gasteiger partial charge in [-0.15, -0.1) is 0 Å². The van der Waals surface area contributed by atoms with Gasteiger partial charge in [-0.3, -0.25) is 9.59 Å². The van der Waals surface area contributed by atoms with E-state index in [2.05, 4.69) is 29.7 Å². The van der Waals surface area contributed by atoms with Crippen molar-refractivity contribution in [2.75, 3.05) is 26.8 Å². The van der Waals surface area contributed by atoms with Gasteiger partial charge in [-0.25, -0.2) is 0 Å². The van der Waals surface area contributed by atoms with Crippen LogP contribution in [0.1, 0.15) is 51.6 Å². The highest BCUT2D eigenvalue weighted by atomic mass is 16.5. The molecule has 0 aromatic heterocycles. The van der Waals surface area contributed by atoms with Gasteiger partial charge in [0.15, 0.2) is 0 Å². The predicted molar refractivity (Wildman–Crippen MR) is 107 cm³/mol. The van der Waals surface area contributed by atoms with Crippen molar-refractivity contribution in [1.29, 1.82) is 0 Å². The van der Waals surface area contributed by atoms with E-state index >= 15 is 0 Å². The zero-order chi connectivity index (χ0) is 20.1. The number of benzene rings is 2. The minimum Gasteiger partial charge on any atom is -0.491 e. The molecule has 0 saturated carbocycles. The second kappa shape index (κ2) is 8.44. The van der Waals surface area contributed by atoms with Crippen LogP contribution in [0.4, 0.5) is 0 Å². The van der Waals surface area contributed by atoms with Gasteiger partial charge >= 0.3 is 0 Å². The molecule has 1 heterocycles. The Morgan fingerprint density at radius 2 is 1.93 bits per heavy atom. The smallest absolute Gasteiger partial charge is 0.254 e. The Kier molecular flexibility index (Phi) is 5.99. The molecule has 28 heavy (non-hydrogen) atoms. The van der Waals surface area contributed by atoms with Crippen molar-refractivity contribution in [3.05, 3.63) is 64.7 Å². The van der Waals surface area contributed by atoms with E-state index < -0.39 is 5.41 Å². The maximum Gasteiger partial charge on any atom is 0.254 e. The number of carbonyl (C=O) groups is 2. The van der Waals surface area contributed by atoms with Gasteiger partial charge in [-0.1, -0.05) is 37.3 Å². The maximum absolute atomic E-state index is 12.7. The van der Waals surface area contributed by atoms with Crippen LogP contribution in [0.5, 0.6) is 5.75 Å². The minimum absolute atomic E-state index is 0.00868. The Morgan fingerprint density at radius 3 is 2.57 bits per heavy atom. The molecule has 6 nitrogen and oxygen atoms in total. The van der Waals surface area contributed by atoms with E-state index in [0.29, 0.717) is 36.4 Å². The highest BCUT2D eigenvalue weighted by Crippen LogP contribution is 2.47. The lowest BCUT2D eigenvalue weighted by Crippen LogP contribution is -2.30. The largest absolute Gasteiger partial charge is 0.491 e. The third-order valence-corrected chi connectivity index (χ3v) is 5.35. The SMILES string of the molecule is CC[C@]1(c2ccccc2)COc2c(C(=O)NC)cc(C(=O)NCCCO)cc21. The molecular formula is C22H26N2O4. The highest BCUT2D eigenvalue weighted by Gasteiger charge is 2.43. The first-order chi connectivity index (χ1) is 13.6. The van der Waals surface area contributed by atoms with Gasteiger partial charge in [-0.2, -0.15) is 0 Å². The summed E-state index contributed by atoms with van der Waals surface area (Å²) in [7, 11) is 1.56. The number of fused-ring (bicyclic) bond motifs is 1. The number of aliphatic hydroxyl groups is 1. The van der Waals surface area contributed by atoms with Crippen molar-refractivity contribution in [1.82, 2.24) is 10.6 Å². The average Bonchev–Trinajstić information content (AvgIpc) is 3.13. The molecule has 2 aromatic rings. The fourth-order valence-corrected chi connectivity index (χ4v) is 3.72. The number of hydrogen-bond donors (Lipinski definition) is 3. The number of rotatable bonds is 7. The van der Waals surface area contributed by atoms with Crippen molar-refractivity contribution in [3.8, 4) is 5.75 Å². The van der Waals surface area contributed by atoms with Gasteiger partial charge in [0.1, 0.15) is 12.4 Å². The van der Waals surface area contributed by atoms with Crippen LogP contribution in [0.25, 0.3) is 0 Å². The average molecular weight is 382 g/mol. The summed E-state index contributed by atoms with van der Waals surface area (Å²) in [6, 6.07) is 13.4. The molecule has 3 rings (SSSR count). The summed E-state index contributed by atoms with van der Waals surface area (Å²) in [5.41, 5.74) is 2.31. The third kappa shape index (κ3) is 3.47.